The first kappa shape index (κ1) is 34.6. The van der Waals surface area contributed by atoms with Crippen LogP contribution in [0.5, 0.6) is 5.75 Å². The summed E-state index contributed by atoms with van der Waals surface area (Å²) in [6.07, 6.45) is -2.53. The molecule has 1 aliphatic rings. The lowest BCUT2D eigenvalue weighted by Gasteiger charge is -2.46. The van der Waals surface area contributed by atoms with Gasteiger partial charge in [-0.3, -0.25) is 0 Å². The quantitative estimate of drug-likeness (QED) is 0.106. The fraction of sp³-hybridized carbons (Fsp3) is 0.302. The molecule has 5 unspecified atom stereocenters. The number of hydrogen-bond acceptors (Lipinski definition) is 6. The predicted octanol–water partition coefficient (Wildman–Crippen LogP) is 8.81. The van der Waals surface area contributed by atoms with Crippen LogP contribution >= 0.6 is 0 Å². The van der Waals surface area contributed by atoms with E-state index in [9.17, 15) is 0 Å². The number of aryl methyl sites for hydroxylation is 1. The molecule has 0 aromatic heterocycles. The summed E-state index contributed by atoms with van der Waals surface area (Å²) < 4.78 is 40.3. The van der Waals surface area contributed by atoms with Crippen molar-refractivity contribution in [2.24, 2.45) is 0 Å². The van der Waals surface area contributed by atoms with Gasteiger partial charge in [0.1, 0.15) is 36.3 Å². The van der Waals surface area contributed by atoms with E-state index in [2.05, 4.69) is 67.6 Å². The van der Waals surface area contributed by atoms with Gasteiger partial charge in [0.05, 0.1) is 39.6 Å². The van der Waals surface area contributed by atoms with Gasteiger partial charge < -0.3 is 28.4 Å². The third-order valence-corrected chi connectivity index (χ3v) is 8.65. The second kappa shape index (κ2) is 17.9. The van der Waals surface area contributed by atoms with Crippen molar-refractivity contribution in [2.45, 2.75) is 70.8 Å². The Hall–Kier alpha value is -4.30. The lowest BCUT2D eigenvalue weighted by Crippen LogP contribution is -2.58. The van der Waals surface area contributed by atoms with Crippen LogP contribution in [-0.4, -0.2) is 37.6 Å². The van der Waals surface area contributed by atoms with Gasteiger partial charge in [0, 0.05) is 5.56 Å². The lowest BCUT2D eigenvalue weighted by atomic mass is 9.89. The molecule has 5 aromatic rings. The Balaban J connectivity index is 1.38. The van der Waals surface area contributed by atoms with Crippen molar-refractivity contribution in [1.29, 1.82) is 0 Å². The summed E-state index contributed by atoms with van der Waals surface area (Å²) in [4.78, 5) is 0. The van der Waals surface area contributed by atoms with Crippen LogP contribution in [0, 0.1) is 6.92 Å². The van der Waals surface area contributed by atoms with Gasteiger partial charge >= 0.3 is 0 Å². The van der Waals surface area contributed by atoms with E-state index in [1.807, 2.05) is 85.8 Å². The minimum atomic E-state index is -0.531. The fourth-order valence-corrected chi connectivity index (χ4v) is 6.22. The Morgan fingerprint density at radius 3 is 1.51 bits per heavy atom. The van der Waals surface area contributed by atoms with E-state index in [4.69, 9.17) is 28.4 Å². The summed E-state index contributed by atoms with van der Waals surface area (Å²) in [5, 5.41) is 0. The third-order valence-electron chi connectivity index (χ3n) is 8.65. The normalized spacial score (nSPS) is 20.6. The molecule has 1 saturated heterocycles. The fourth-order valence-electron chi connectivity index (χ4n) is 6.22. The monoisotopic (exact) mass is 658 g/mol. The molecule has 6 rings (SSSR count). The molecule has 0 radical (unpaired) electrons. The number of benzene rings is 5. The van der Waals surface area contributed by atoms with Gasteiger partial charge in [0.15, 0.2) is 0 Å². The van der Waals surface area contributed by atoms with Gasteiger partial charge in [-0.25, -0.2) is 0 Å². The van der Waals surface area contributed by atoms with Crippen molar-refractivity contribution in [3.63, 3.8) is 0 Å². The molecule has 5 atom stereocenters. The van der Waals surface area contributed by atoms with E-state index >= 15 is 0 Å². The maximum absolute atomic E-state index is 7.10. The number of ether oxygens (including phenoxy) is 6. The van der Waals surface area contributed by atoms with E-state index in [-0.39, 0.29) is 0 Å². The van der Waals surface area contributed by atoms with Crippen molar-refractivity contribution in [3.8, 4) is 5.75 Å². The van der Waals surface area contributed by atoms with Crippen molar-refractivity contribution in [1.82, 2.24) is 0 Å². The zero-order valence-corrected chi connectivity index (χ0v) is 28.4. The van der Waals surface area contributed by atoms with Gasteiger partial charge in [-0.15, -0.1) is 0 Å². The molecule has 1 aliphatic heterocycles. The summed E-state index contributed by atoms with van der Waals surface area (Å²) in [6.45, 7) is 6.52. The van der Waals surface area contributed by atoms with Crippen LogP contribution in [-0.2, 0) is 50.1 Å². The highest BCUT2D eigenvalue weighted by Crippen LogP contribution is 2.42. The molecule has 0 bridgehead atoms. The SMILES string of the molecule is CCOc1ccc(C)cc1C1OC(COCc2ccccc2)C(OCc2ccccc2)C(OCc2ccccc2)C1OCc1ccccc1. The van der Waals surface area contributed by atoms with Crippen LogP contribution in [0.4, 0.5) is 0 Å². The molecular formula is C43H46O6. The van der Waals surface area contributed by atoms with Gasteiger partial charge in [-0.1, -0.05) is 133 Å². The Bertz CT molecular complexity index is 1660. The first-order chi connectivity index (χ1) is 24.2. The highest BCUT2D eigenvalue weighted by molar-refractivity contribution is 5.40. The van der Waals surface area contributed by atoms with Crippen LogP contribution in [0.25, 0.3) is 0 Å². The number of hydrogen-bond donors (Lipinski definition) is 0. The van der Waals surface area contributed by atoms with Crippen molar-refractivity contribution < 1.29 is 28.4 Å². The highest BCUT2D eigenvalue weighted by Gasteiger charge is 2.49. The zero-order chi connectivity index (χ0) is 33.7. The molecule has 6 heteroatoms. The van der Waals surface area contributed by atoms with E-state index in [0.717, 1.165) is 39.1 Å². The smallest absolute Gasteiger partial charge is 0.125 e. The summed E-state index contributed by atoms with van der Waals surface area (Å²) in [6, 6.07) is 47.0. The van der Waals surface area contributed by atoms with Crippen molar-refractivity contribution >= 4 is 0 Å². The van der Waals surface area contributed by atoms with Crippen LogP contribution in [0.3, 0.4) is 0 Å². The molecule has 0 amide bonds. The Morgan fingerprint density at radius 1 is 0.531 bits per heavy atom. The summed E-state index contributed by atoms with van der Waals surface area (Å²) in [5.41, 5.74) is 6.31. The van der Waals surface area contributed by atoms with E-state index in [1.54, 1.807) is 0 Å². The van der Waals surface area contributed by atoms with E-state index in [0.29, 0.717) is 39.6 Å². The van der Waals surface area contributed by atoms with Gasteiger partial charge in [0.25, 0.3) is 0 Å². The maximum atomic E-state index is 7.10. The molecule has 6 nitrogen and oxygen atoms in total. The molecule has 0 aliphatic carbocycles. The highest BCUT2D eigenvalue weighted by atomic mass is 16.6. The molecular weight excluding hydrogens is 612 g/mol. The summed E-state index contributed by atoms with van der Waals surface area (Å²) >= 11 is 0. The molecule has 0 N–H and O–H groups in total. The van der Waals surface area contributed by atoms with E-state index < -0.39 is 30.5 Å². The average molecular weight is 659 g/mol. The van der Waals surface area contributed by atoms with Crippen LogP contribution in [0.1, 0.15) is 46.4 Å². The lowest BCUT2D eigenvalue weighted by molar-refractivity contribution is -0.275. The second-order valence-electron chi connectivity index (χ2n) is 12.4. The molecule has 0 saturated carbocycles. The molecule has 1 heterocycles. The molecule has 254 valence electrons. The first-order valence-corrected chi connectivity index (χ1v) is 17.1. The Morgan fingerprint density at radius 2 is 1.00 bits per heavy atom. The predicted molar refractivity (Wildman–Crippen MR) is 191 cm³/mol. The average Bonchev–Trinajstić information content (AvgIpc) is 3.15. The minimum absolute atomic E-state index is 0.303. The standard InChI is InChI=1S/C43H46O6/c1-3-45-38-25-24-32(2)26-37(38)40-42(47-29-35-20-12-6-13-21-35)43(48-30-36-22-14-7-15-23-36)41(46-28-34-18-10-5-11-19-34)39(49-40)31-44-27-33-16-8-4-9-17-33/h4-26,39-43H,3,27-31H2,1-2H3. The Kier molecular flexibility index (Phi) is 12.6. The molecule has 0 spiro atoms. The van der Waals surface area contributed by atoms with Crippen LogP contribution in [0.15, 0.2) is 140 Å². The molecule has 49 heavy (non-hydrogen) atoms. The first-order valence-electron chi connectivity index (χ1n) is 17.1. The minimum Gasteiger partial charge on any atom is -0.493 e. The summed E-state index contributed by atoms with van der Waals surface area (Å²) in [5.74, 6) is 0.765. The number of rotatable bonds is 16. The second-order valence-corrected chi connectivity index (χ2v) is 12.4. The van der Waals surface area contributed by atoms with Gasteiger partial charge in [-0.05, 0) is 48.2 Å². The Labute approximate surface area is 290 Å². The van der Waals surface area contributed by atoms with Gasteiger partial charge in [-0.2, -0.15) is 0 Å². The summed E-state index contributed by atoms with van der Waals surface area (Å²) in [7, 11) is 0. The van der Waals surface area contributed by atoms with Crippen LogP contribution < -0.4 is 4.74 Å². The van der Waals surface area contributed by atoms with Crippen LogP contribution in [0.2, 0.25) is 0 Å². The maximum Gasteiger partial charge on any atom is 0.125 e. The molecule has 5 aromatic carbocycles. The topological polar surface area (TPSA) is 55.4 Å². The zero-order valence-electron chi connectivity index (χ0n) is 28.4. The van der Waals surface area contributed by atoms with Crippen molar-refractivity contribution in [3.05, 3.63) is 173 Å². The third kappa shape index (κ3) is 9.66. The van der Waals surface area contributed by atoms with E-state index in [1.165, 1.54) is 0 Å². The largest absolute Gasteiger partial charge is 0.493 e. The van der Waals surface area contributed by atoms with Gasteiger partial charge in [0.2, 0.25) is 0 Å². The molecule has 1 fully saturated rings. The van der Waals surface area contributed by atoms with Crippen molar-refractivity contribution in [2.75, 3.05) is 13.2 Å².